The fourth-order valence-electron chi connectivity index (χ4n) is 3.77. The smallest absolute Gasteiger partial charge is 0.314 e. The Bertz CT molecular complexity index is 1270. The fraction of sp³-hybridized carbons (Fsp3) is 0.318. The molecule has 0 bridgehead atoms. The number of alkyl halides is 3. The van der Waals surface area contributed by atoms with Gasteiger partial charge in [0.2, 0.25) is 5.89 Å². The van der Waals surface area contributed by atoms with Crippen LogP contribution < -0.4 is 0 Å². The molecule has 0 radical (unpaired) electrons. The van der Waals surface area contributed by atoms with Crippen LogP contribution in [0.3, 0.4) is 0 Å². The molecule has 1 aromatic carbocycles. The molecular formula is C22H19F4N7O. The van der Waals surface area contributed by atoms with Crippen LogP contribution in [-0.2, 0) is 13.1 Å². The highest BCUT2D eigenvalue weighted by Crippen LogP contribution is 2.25. The Kier molecular flexibility index (Phi) is 6.05. The zero-order valence-corrected chi connectivity index (χ0v) is 17.8. The minimum Gasteiger partial charge on any atom is -0.415 e. The van der Waals surface area contributed by atoms with Crippen LogP contribution in [0.2, 0.25) is 0 Å². The summed E-state index contributed by atoms with van der Waals surface area (Å²) in [6.45, 7) is 1.92. The van der Waals surface area contributed by atoms with Crippen LogP contribution in [0.4, 0.5) is 17.6 Å². The van der Waals surface area contributed by atoms with E-state index in [1.807, 2.05) is 17.0 Å². The van der Waals surface area contributed by atoms with Crippen molar-refractivity contribution in [3.05, 3.63) is 65.6 Å². The Morgan fingerprint density at radius 1 is 1.06 bits per heavy atom. The van der Waals surface area contributed by atoms with Gasteiger partial charge < -0.3 is 4.42 Å². The van der Waals surface area contributed by atoms with Gasteiger partial charge in [-0.15, -0.1) is 15.3 Å². The summed E-state index contributed by atoms with van der Waals surface area (Å²) in [6, 6.07) is 7.88. The quantitative estimate of drug-likeness (QED) is 0.374. The molecule has 1 aliphatic heterocycles. The van der Waals surface area contributed by atoms with Crippen LogP contribution in [0, 0.1) is 5.82 Å². The molecule has 3 aromatic heterocycles. The highest BCUT2D eigenvalue weighted by Gasteiger charge is 2.22. The molecule has 176 valence electrons. The summed E-state index contributed by atoms with van der Waals surface area (Å²) in [5, 5.41) is 14.9. The molecule has 0 amide bonds. The van der Waals surface area contributed by atoms with E-state index < -0.39 is 24.3 Å². The van der Waals surface area contributed by atoms with Crippen molar-refractivity contribution in [2.75, 3.05) is 13.1 Å². The van der Waals surface area contributed by atoms with E-state index in [0.29, 0.717) is 36.5 Å². The number of rotatable bonds is 7. The van der Waals surface area contributed by atoms with Crippen LogP contribution in [0.15, 0.2) is 47.1 Å². The van der Waals surface area contributed by atoms with Crippen molar-refractivity contribution < 1.29 is 22.0 Å². The van der Waals surface area contributed by atoms with Crippen LogP contribution in [0.1, 0.15) is 29.9 Å². The third-order valence-electron chi connectivity index (χ3n) is 5.51. The van der Waals surface area contributed by atoms with Gasteiger partial charge in [0, 0.05) is 37.0 Å². The van der Waals surface area contributed by atoms with E-state index in [0.717, 1.165) is 18.2 Å². The van der Waals surface area contributed by atoms with E-state index >= 15 is 0 Å². The first-order chi connectivity index (χ1) is 16.4. The second-order valence-corrected chi connectivity index (χ2v) is 8.03. The summed E-state index contributed by atoms with van der Waals surface area (Å²) in [7, 11) is 0. The number of nitrogens with zero attached hydrogens (tertiary/aromatic N) is 7. The summed E-state index contributed by atoms with van der Waals surface area (Å²) < 4.78 is 59.5. The lowest BCUT2D eigenvalue weighted by Crippen LogP contribution is -2.20. The number of benzene rings is 1. The van der Waals surface area contributed by atoms with Gasteiger partial charge in [-0.3, -0.25) is 9.88 Å². The molecule has 1 atom stereocenters. The van der Waals surface area contributed by atoms with Crippen molar-refractivity contribution in [3.8, 4) is 22.8 Å². The van der Waals surface area contributed by atoms with Crippen LogP contribution >= 0.6 is 0 Å². The van der Waals surface area contributed by atoms with Gasteiger partial charge in [-0.05, 0) is 30.2 Å². The summed E-state index contributed by atoms with van der Waals surface area (Å²) in [5.41, 5.74) is 2.63. The molecule has 12 heteroatoms. The maximum Gasteiger partial charge on any atom is 0.314 e. The van der Waals surface area contributed by atoms with Gasteiger partial charge in [0.1, 0.15) is 17.7 Å². The average molecular weight is 473 g/mol. The lowest BCUT2D eigenvalue weighted by Gasteiger charge is -2.14. The topological polar surface area (TPSA) is 85.8 Å². The molecule has 4 heterocycles. The minimum absolute atomic E-state index is 0.0999. The molecule has 8 nitrogen and oxygen atoms in total. The standard InChI is InChI=1S/C22H19F4N7O/c23-16-5-6-32(11-16)9-13-1-4-18(27-8-13)19-12-33(31-28-19)10-15-3-2-14(7-17(15)24)21-29-30-22(34-21)20(25)26/h1-4,7-8,12,16,20H,5-6,9-11H2. The zero-order chi connectivity index (χ0) is 23.7. The Morgan fingerprint density at radius 2 is 1.94 bits per heavy atom. The molecule has 1 unspecified atom stereocenters. The lowest BCUT2D eigenvalue weighted by molar-refractivity contribution is 0.116. The van der Waals surface area contributed by atoms with Crippen LogP contribution in [0.25, 0.3) is 22.8 Å². The summed E-state index contributed by atoms with van der Waals surface area (Å²) in [5.74, 6) is -1.58. The molecular weight excluding hydrogens is 454 g/mol. The highest BCUT2D eigenvalue weighted by molar-refractivity contribution is 5.54. The van der Waals surface area contributed by atoms with E-state index in [4.69, 9.17) is 4.42 Å². The number of pyridine rings is 1. The average Bonchev–Trinajstić information content (AvgIpc) is 3.57. The van der Waals surface area contributed by atoms with Crippen LogP contribution in [0.5, 0.6) is 0 Å². The molecule has 0 aliphatic carbocycles. The molecule has 34 heavy (non-hydrogen) atoms. The van der Waals surface area contributed by atoms with Crippen molar-refractivity contribution >= 4 is 0 Å². The lowest BCUT2D eigenvalue weighted by atomic mass is 10.1. The molecule has 4 aromatic rings. The predicted octanol–water partition coefficient (Wildman–Crippen LogP) is 4.06. The predicted molar refractivity (Wildman–Crippen MR) is 112 cm³/mol. The third kappa shape index (κ3) is 4.81. The molecule has 1 fully saturated rings. The first-order valence-electron chi connectivity index (χ1n) is 10.6. The second-order valence-electron chi connectivity index (χ2n) is 8.03. The highest BCUT2D eigenvalue weighted by atomic mass is 19.3. The maximum atomic E-state index is 14.6. The van der Waals surface area contributed by atoms with Gasteiger partial charge >= 0.3 is 6.43 Å². The summed E-state index contributed by atoms with van der Waals surface area (Å²) >= 11 is 0. The molecule has 0 spiro atoms. The Labute approximate surface area is 191 Å². The van der Waals surface area contributed by atoms with E-state index in [2.05, 4.69) is 25.5 Å². The number of halogens is 4. The first-order valence-corrected chi connectivity index (χ1v) is 10.6. The fourth-order valence-corrected chi connectivity index (χ4v) is 3.77. The molecule has 5 rings (SSSR count). The van der Waals surface area contributed by atoms with Gasteiger partial charge in [0.15, 0.2) is 0 Å². The monoisotopic (exact) mass is 473 g/mol. The van der Waals surface area contributed by atoms with Crippen molar-refractivity contribution in [3.63, 3.8) is 0 Å². The SMILES string of the molecule is Fc1cc(-c2nnc(C(F)F)o2)ccc1Cn1cc(-c2ccc(CN3CCC(F)C3)cn2)nn1. The zero-order valence-electron chi connectivity index (χ0n) is 17.8. The maximum absolute atomic E-state index is 14.6. The van der Waals surface area contributed by atoms with Crippen molar-refractivity contribution in [2.45, 2.75) is 32.1 Å². The minimum atomic E-state index is -2.90. The van der Waals surface area contributed by atoms with Gasteiger partial charge in [0.05, 0.1) is 18.4 Å². The Balaban J connectivity index is 1.25. The van der Waals surface area contributed by atoms with Crippen molar-refractivity contribution in [1.29, 1.82) is 0 Å². The Hall–Kier alpha value is -3.67. The molecule has 0 N–H and O–H groups in total. The van der Waals surface area contributed by atoms with E-state index in [1.165, 1.54) is 16.8 Å². The van der Waals surface area contributed by atoms with E-state index in [1.54, 1.807) is 12.4 Å². The van der Waals surface area contributed by atoms with Gasteiger partial charge in [-0.2, -0.15) is 8.78 Å². The normalized spacial score (nSPS) is 16.6. The van der Waals surface area contributed by atoms with E-state index in [-0.39, 0.29) is 18.0 Å². The number of likely N-dealkylation sites (tertiary alicyclic amines) is 1. The molecule has 1 aliphatic rings. The third-order valence-corrected chi connectivity index (χ3v) is 5.51. The molecule has 1 saturated heterocycles. The Morgan fingerprint density at radius 3 is 2.62 bits per heavy atom. The van der Waals surface area contributed by atoms with Gasteiger partial charge in [0.25, 0.3) is 5.89 Å². The van der Waals surface area contributed by atoms with Crippen molar-refractivity contribution in [1.82, 2.24) is 35.1 Å². The van der Waals surface area contributed by atoms with Crippen LogP contribution in [-0.4, -0.2) is 54.3 Å². The number of hydrogen-bond donors (Lipinski definition) is 0. The largest absolute Gasteiger partial charge is 0.415 e. The van der Waals surface area contributed by atoms with E-state index in [9.17, 15) is 17.6 Å². The molecule has 0 saturated carbocycles. The van der Waals surface area contributed by atoms with Gasteiger partial charge in [-0.25, -0.2) is 13.5 Å². The first kappa shape index (κ1) is 22.1. The van der Waals surface area contributed by atoms with Gasteiger partial charge in [-0.1, -0.05) is 17.3 Å². The summed E-state index contributed by atoms with van der Waals surface area (Å²) in [6.07, 6.45) is 0.285. The number of hydrogen-bond acceptors (Lipinski definition) is 7. The number of aromatic nitrogens is 6. The van der Waals surface area contributed by atoms with Crippen molar-refractivity contribution in [2.24, 2.45) is 0 Å². The second kappa shape index (κ2) is 9.29. The summed E-state index contributed by atoms with van der Waals surface area (Å²) in [4.78, 5) is 6.47.